The molecule has 0 aliphatic carbocycles. The van der Waals surface area contributed by atoms with Crippen molar-refractivity contribution >= 4 is 5.69 Å². The average molecular weight is 190 g/mol. The lowest BCUT2D eigenvalue weighted by atomic mass is 10.1. The van der Waals surface area contributed by atoms with Gasteiger partial charge in [0.1, 0.15) is 0 Å². The summed E-state index contributed by atoms with van der Waals surface area (Å²) < 4.78 is 0. The van der Waals surface area contributed by atoms with Gasteiger partial charge in [-0.2, -0.15) is 0 Å². The number of hydrogen-bond acceptors (Lipinski definition) is 2. The Labute approximate surface area is 86.2 Å². The van der Waals surface area contributed by atoms with E-state index >= 15 is 0 Å². The van der Waals surface area contributed by atoms with E-state index in [9.17, 15) is 0 Å². The van der Waals surface area contributed by atoms with Crippen molar-refractivity contribution in [2.45, 2.75) is 20.4 Å². The van der Waals surface area contributed by atoms with Gasteiger partial charge in [-0.3, -0.25) is 0 Å². The standard InChI is InChI=1S/C10H12N2.C2H6/c1-8-11-10-6-4-3-5-9(10)7-12(8)2;1-2/h3-6,11H,1,7H2,2H3;1-2H3. The maximum Gasteiger partial charge on any atom is 0.0983 e. The Balaban J connectivity index is 0.000000461. The summed E-state index contributed by atoms with van der Waals surface area (Å²) in [5.74, 6) is 0.966. The lowest BCUT2D eigenvalue weighted by molar-refractivity contribution is 0.408. The smallest absolute Gasteiger partial charge is 0.0983 e. The zero-order chi connectivity index (χ0) is 10.6. The predicted molar refractivity (Wildman–Crippen MR) is 62.0 cm³/mol. The van der Waals surface area contributed by atoms with Crippen LogP contribution >= 0.6 is 0 Å². The maximum atomic E-state index is 3.91. The largest absolute Gasteiger partial charge is 0.357 e. The Hall–Kier alpha value is -1.44. The van der Waals surface area contributed by atoms with E-state index < -0.39 is 0 Å². The fraction of sp³-hybridized carbons (Fsp3) is 0.333. The van der Waals surface area contributed by atoms with Gasteiger partial charge in [0.2, 0.25) is 0 Å². The SMILES string of the molecule is C=C1Nc2ccccc2CN1C.CC. The number of anilines is 1. The molecule has 0 aromatic heterocycles. The molecule has 1 aromatic rings. The Morgan fingerprint density at radius 2 is 1.93 bits per heavy atom. The number of para-hydroxylation sites is 1. The van der Waals surface area contributed by atoms with E-state index in [1.807, 2.05) is 27.0 Å². The molecule has 76 valence electrons. The molecular formula is C12H18N2. The van der Waals surface area contributed by atoms with E-state index in [1.165, 1.54) is 11.3 Å². The first-order valence-electron chi connectivity index (χ1n) is 5.02. The first kappa shape index (κ1) is 10.6. The van der Waals surface area contributed by atoms with Crippen molar-refractivity contribution in [3.8, 4) is 0 Å². The molecule has 1 heterocycles. The summed E-state index contributed by atoms with van der Waals surface area (Å²) in [4.78, 5) is 2.10. The fourth-order valence-corrected chi connectivity index (χ4v) is 1.38. The second-order valence-corrected chi connectivity index (χ2v) is 3.08. The van der Waals surface area contributed by atoms with Crippen LogP contribution in [0.1, 0.15) is 19.4 Å². The minimum absolute atomic E-state index is 0.946. The maximum absolute atomic E-state index is 3.91. The second kappa shape index (κ2) is 4.70. The molecule has 0 spiro atoms. The highest BCUT2D eigenvalue weighted by Crippen LogP contribution is 2.24. The third-order valence-corrected chi connectivity index (χ3v) is 2.16. The molecule has 0 amide bonds. The van der Waals surface area contributed by atoms with Crippen LogP contribution in [0.4, 0.5) is 5.69 Å². The summed E-state index contributed by atoms with van der Waals surface area (Å²) in [7, 11) is 2.03. The van der Waals surface area contributed by atoms with Crippen molar-refractivity contribution in [3.63, 3.8) is 0 Å². The Kier molecular flexibility index (Phi) is 3.57. The predicted octanol–water partition coefficient (Wildman–Crippen LogP) is 3.04. The molecule has 0 radical (unpaired) electrons. The van der Waals surface area contributed by atoms with Gasteiger partial charge >= 0.3 is 0 Å². The summed E-state index contributed by atoms with van der Waals surface area (Å²) >= 11 is 0. The summed E-state index contributed by atoms with van der Waals surface area (Å²) in [6.07, 6.45) is 0. The van der Waals surface area contributed by atoms with Crippen molar-refractivity contribution in [1.29, 1.82) is 0 Å². The van der Waals surface area contributed by atoms with Gasteiger partial charge in [-0.25, -0.2) is 0 Å². The van der Waals surface area contributed by atoms with Crippen molar-refractivity contribution in [2.75, 3.05) is 12.4 Å². The molecule has 1 aliphatic heterocycles. The minimum atomic E-state index is 0.946. The molecule has 0 fully saturated rings. The van der Waals surface area contributed by atoms with Crippen LogP contribution in [-0.2, 0) is 6.54 Å². The second-order valence-electron chi connectivity index (χ2n) is 3.08. The number of nitrogens with one attached hydrogen (secondary N) is 1. The fourth-order valence-electron chi connectivity index (χ4n) is 1.38. The molecule has 0 bridgehead atoms. The average Bonchev–Trinajstić information content (AvgIpc) is 2.23. The van der Waals surface area contributed by atoms with E-state index in [1.54, 1.807) is 0 Å². The third-order valence-electron chi connectivity index (χ3n) is 2.16. The van der Waals surface area contributed by atoms with Crippen LogP contribution in [0, 0.1) is 0 Å². The highest BCUT2D eigenvalue weighted by molar-refractivity contribution is 5.56. The van der Waals surface area contributed by atoms with Gasteiger partial charge in [0, 0.05) is 19.3 Å². The summed E-state index contributed by atoms with van der Waals surface area (Å²) in [5.41, 5.74) is 2.51. The lowest BCUT2D eigenvalue weighted by Crippen LogP contribution is -2.26. The van der Waals surface area contributed by atoms with Crippen molar-refractivity contribution in [3.05, 3.63) is 42.2 Å². The first-order chi connectivity index (χ1) is 6.77. The van der Waals surface area contributed by atoms with E-state index in [2.05, 4.69) is 35.0 Å². The van der Waals surface area contributed by atoms with Crippen LogP contribution in [0.2, 0.25) is 0 Å². The van der Waals surface area contributed by atoms with Gasteiger partial charge < -0.3 is 10.2 Å². The molecular weight excluding hydrogens is 172 g/mol. The third kappa shape index (κ3) is 2.08. The number of fused-ring (bicyclic) bond motifs is 1. The van der Waals surface area contributed by atoms with Crippen molar-refractivity contribution in [1.82, 2.24) is 4.90 Å². The quantitative estimate of drug-likeness (QED) is 0.676. The van der Waals surface area contributed by atoms with Gasteiger partial charge in [-0.1, -0.05) is 38.6 Å². The van der Waals surface area contributed by atoms with Crippen molar-refractivity contribution in [2.24, 2.45) is 0 Å². The topological polar surface area (TPSA) is 15.3 Å². The molecule has 1 N–H and O–H groups in total. The van der Waals surface area contributed by atoms with Gasteiger partial charge in [-0.05, 0) is 11.6 Å². The molecule has 0 saturated heterocycles. The normalized spacial score (nSPS) is 13.6. The molecule has 0 saturated carbocycles. The van der Waals surface area contributed by atoms with E-state index in [4.69, 9.17) is 0 Å². The van der Waals surface area contributed by atoms with Crippen LogP contribution in [0.15, 0.2) is 36.7 Å². The number of benzene rings is 1. The monoisotopic (exact) mass is 190 g/mol. The summed E-state index contributed by atoms with van der Waals surface area (Å²) in [5, 5.41) is 3.24. The molecule has 2 nitrogen and oxygen atoms in total. The molecule has 2 heteroatoms. The van der Waals surface area contributed by atoms with Crippen LogP contribution in [0.3, 0.4) is 0 Å². The van der Waals surface area contributed by atoms with Gasteiger partial charge in [0.25, 0.3) is 0 Å². The van der Waals surface area contributed by atoms with Crippen molar-refractivity contribution < 1.29 is 0 Å². The number of hydrogen-bond donors (Lipinski definition) is 1. The van der Waals surface area contributed by atoms with E-state index in [-0.39, 0.29) is 0 Å². The van der Waals surface area contributed by atoms with E-state index in [0.717, 1.165) is 12.4 Å². The molecule has 0 unspecified atom stereocenters. The zero-order valence-electron chi connectivity index (χ0n) is 9.17. The number of nitrogens with zero attached hydrogens (tertiary/aromatic N) is 1. The molecule has 1 aromatic carbocycles. The Morgan fingerprint density at radius 1 is 1.29 bits per heavy atom. The lowest BCUT2D eigenvalue weighted by Gasteiger charge is -2.29. The molecule has 14 heavy (non-hydrogen) atoms. The van der Waals surface area contributed by atoms with Crippen LogP contribution < -0.4 is 5.32 Å². The van der Waals surface area contributed by atoms with Gasteiger partial charge in [0.05, 0.1) is 5.82 Å². The van der Waals surface area contributed by atoms with Crippen LogP contribution in [-0.4, -0.2) is 11.9 Å². The number of rotatable bonds is 0. The summed E-state index contributed by atoms with van der Waals surface area (Å²) in [6.45, 7) is 8.86. The highest BCUT2D eigenvalue weighted by Gasteiger charge is 2.12. The Bertz CT molecular complexity index is 318. The zero-order valence-corrected chi connectivity index (χ0v) is 9.17. The highest BCUT2D eigenvalue weighted by atomic mass is 15.2. The van der Waals surface area contributed by atoms with Gasteiger partial charge in [0.15, 0.2) is 0 Å². The van der Waals surface area contributed by atoms with Gasteiger partial charge in [-0.15, -0.1) is 0 Å². The molecule has 2 rings (SSSR count). The molecule has 1 aliphatic rings. The van der Waals surface area contributed by atoms with E-state index in [0.29, 0.717) is 0 Å². The van der Waals surface area contributed by atoms with Crippen LogP contribution in [0.25, 0.3) is 0 Å². The summed E-state index contributed by atoms with van der Waals surface area (Å²) in [6, 6.07) is 8.30. The molecule has 0 atom stereocenters. The minimum Gasteiger partial charge on any atom is -0.357 e. The first-order valence-corrected chi connectivity index (χ1v) is 5.02. The van der Waals surface area contributed by atoms with Crippen LogP contribution in [0.5, 0.6) is 0 Å². The Morgan fingerprint density at radius 3 is 2.64 bits per heavy atom.